The van der Waals surface area contributed by atoms with E-state index in [1.165, 1.54) is 5.39 Å². The zero-order valence-corrected chi connectivity index (χ0v) is 23.5. The molecule has 0 atom stereocenters. The fourth-order valence-corrected chi connectivity index (χ4v) is 5.54. The smallest absolute Gasteiger partial charge is 0.182 e. The highest BCUT2D eigenvalue weighted by molar-refractivity contribution is 6.14. The van der Waals surface area contributed by atoms with Crippen LogP contribution in [0.3, 0.4) is 0 Å². The number of rotatable bonds is 5. The van der Waals surface area contributed by atoms with Gasteiger partial charge in [0.05, 0.1) is 11.2 Å². The fourth-order valence-electron chi connectivity index (χ4n) is 5.54. The fraction of sp³-hybridized carbons (Fsp3) is 0. The third-order valence-electron chi connectivity index (χ3n) is 7.62. The maximum atomic E-state index is 5.11. The van der Waals surface area contributed by atoms with Gasteiger partial charge in [-0.25, -0.2) is 19.9 Å². The summed E-state index contributed by atoms with van der Waals surface area (Å²) in [6.45, 7) is 0. The van der Waals surface area contributed by atoms with Gasteiger partial charge in [-0.1, -0.05) is 91.0 Å². The molecule has 6 nitrogen and oxygen atoms in total. The number of hydrogen-bond donors (Lipinski definition) is 0. The van der Waals surface area contributed by atoms with Crippen molar-refractivity contribution in [3.8, 4) is 56.8 Å². The summed E-state index contributed by atoms with van der Waals surface area (Å²) in [6, 6.07) is 45.0. The number of nitrogens with zero attached hydrogens (tertiary/aromatic N) is 6. The molecule has 0 aliphatic rings. The minimum atomic E-state index is 0.494. The van der Waals surface area contributed by atoms with E-state index >= 15 is 0 Å². The molecule has 0 aliphatic carbocycles. The van der Waals surface area contributed by atoms with Crippen LogP contribution in [-0.4, -0.2) is 29.9 Å². The van der Waals surface area contributed by atoms with E-state index in [2.05, 4.69) is 82.8 Å². The lowest BCUT2D eigenvalue weighted by Gasteiger charge is -2.14. The molecule has 0 aliphatic heterocycles. The van der Waals surface area contributed by atoms with E-state index in [-0.39, 0.29) is 0 Å². The summed E-state index contributed by atoms with van der Waals surface area (Å²) in [5, 5.41) is 3.44. The molecule has 0 saturated carbocycles. The molecule has 4 aromatic carbocycles. The second-order valence-electron chi connectivity index (χ2n) is 10.4. The van der Waals surface area contributed by atoms with Gasteiger partial charge in [0.2, 0.25) is 0 Å². The molecular weight excluding hydrogens is 540 g/mol. The molecule has 8 rings (SSSR count). The Morgan fingerprint density at radius 1 is 0.386 bits per heavy atom. The normalized spacial score (nSPS) is 11.2. The number of benzene rings is 4. The number of fused-ring (bicyclic) bond motifs is 3. The maximum absolute atomic E-state index is 5.11. The van der Waals surface area contributed by atoms with E-state index in [0.29, 0.717) is 28.9 Å². The zero-order chi connectivity index (χ0) is 29.3. The number of pyridine rings is 3. The Bertz CT molecular complexity index is 2210. The van der Waals surface area contributed by atoms with Crippen LogP contribution in [0.2, 0.25) is 0 Å². The Balaban J connectivity index is 1.35. The van der Waals surface area contributed by atoms with E-state index < -0.39 is 0 Å². The molecule has 44 heavy (non-hydrogen) atoms. The molecule has 0 N–H and O–H groups in total. The van der Waals surface area contributed by atoms with Gasteiger partial charge in [-0.2, -0.15) is 0 Å². The summed E-state index contributed by atoms with van der Waals surface area (Å²) in [4.78, 5) is 28.6. The van der Waals surface area contributed by atoms with Crippen molar-refractivity contribution in [2.45, 2.75) is 0 Å². The van der Waals surface area contributed by atoms with Crippen LogP contribution in [0.15, 0.2) is 146 Å². The van der Waals surface area contributed by atoms with Gasteiger partial charge in [-0.15, -0.1) is 0 Å². The lowest BCUT2D eigenvalue weighted by Crippen LogP contribution is -2.02. The summed E-state index contributed by atoms with van der Waals surface area (Å²) >= 11 is 0. The SMILES string of the molecule is c1ccc(-c2cc(-c3cccc(-c4nc(-c5ccccn5)nc(-c5ccccn5)n4)c3)c3c(ccc4ccccc43)n2)cc1. The Kier molecular flexibility index (Phi) is 6.35. The summed E-state index contributed by atoms with van der Waals surface area (Å²) in [7, 11) is 0. The summed E-state index contributed by atoms with van der Waals surface area (Å²) in [5.74, 6) is 1.54. The Morgan fingerprint density at radius 2 is 1.02 bits per heavy atom. The maximum Gasteiger partial charge on any atom is 0.182 e. The average Bonchev–Trinajstić information content (AvgIpc) is 3.12. The van der Waals surface area contributed by atoms with Gasteiger partial charge >= 0.3 is 0 Å². The van der Waals surface area contributed by atoms with Gasteiger partial charge < -0.3 is 0 Å². The molecule has 0 radical (unpaired) electrons. The van der Waals surface area contributed by atoms with E-state index in [1.807, 2.05) is 60.7 Å². The van der Waals surface area contributed by atoms with Gasteiger partial charge in [0.15, 0.2) is 17.5 Å². The van der Waals surface area contributed by atoms with Crippen LogP contribution >= 0.6 is 0 Å². The van der Waals surface area contributed by atoms with Crippen LogP contribution in [0.5, 0.6) is 0 Å². The third kappa shape index (κ3) is 4.74. The first-order chi connectivity index (χ1) is 21.8. The van der Waals surface area contributed by atoms with Gasteiger partial charge in [0.25, 0.3) is 0 Å². The molecule has 0 bridgehead atoms. The van der Waals surface area contributed by atoms with Crippen molar-refractivity contribution in [1.29, 1.82) is 0 Å². The monoisotopic (exact) mass is 564 g/mol. The van der Waals surface area contributed by atoms with Gasteiger partial charge in [0.1, 0.15) is 11.4 Å². The molecule has 0 spiro atoms. The molecule has 8 aromatic rings. The zero-order valence-electron chi connectivity index (χ0n) is 23.5. The lowest BCUT2D eigenvalue weighted by atomic mass is 9.93. The Hall–Kier alpha value is -6.14. The molecule has 0 fully saturated rings. The molecular formula is C38H24N6. The first-order valence-corrected chi connectivity index (χ1v) is 14.4. The first-order valence-electron chi connectivity index (χ1n) is 14.4. The highest BCUT2D eigenvalue weighted by Crippen LogP contribution is 2.37. The minimum Gasteiger partial charge on any atom is -0.253 e. The molecule has 6 heteroatoms. The van der Waals surface area contributed by atoms with Crippen molar-refractivity contribution < 1.29 is 0 Å². The van der Waals surface area contributed by atoms with Crippen molar-refractivity contribution in [2.75, 3.05) is 0 Å². The summed E-state index contributed by atoms with van der Waals surface area (Å²) in [5.41, 5.74) is 7.28. The van der Waals surface area contributed by atoms with E-state index in [0.717, 1.165) is 44.2 Å². The van der Waals surface area contributed by atoms with E-state index in [1.54, 1.807) is 12.4 Å². The minimum absolute atomic E-state index is 0.494. The van der Waals surface area contributed by atoms with Crippen LogP contribution in [0.25, 0.3) is 78.5 Å². The van der Waals surface area contributed by atoms with E-state index in [4.69, 9.17) is 19.9 Å². The first kappa shape index (κ1) is 25.6. The Labute approximate surface area is 253 Å². The highest BCUT2D eigenvalue weighted by atomic mass is 15.1. The van der Waals surface area contributed by atoms with Gasteiger partial charge in [0, 0.05) is 28.9 Å². The lowest BCUT2D eigenvalue weighted by molar-refractivity contribution is 1.05. The van der Waals surface area contributed by atoms with Gasteiger partial charge in [-0.05, 0) is 64.4 Å². The second-order valence-corrected chi connectivity index (χ2v) is 10.4. The summed E-state index contributed by atoms with van der Waals surface area (Å²) in [6.07, 6.45) is 3.48. The van der Waals surface area contributed by atoms with Crippen molar-refractivity contribution in [1.82, 2.24) is 29.9 Å². The molecule has 206 valence electrons. The van der Waals surface area contributed by atoms with E-state index in [9.17, 15) is 0 Å². The predicted molar refractivity (Wildman–Crippen MR) is 175 cm³/mol. The van der Waals surface area contributed by atoms with Crippen molar-refractivity contribution in [2.24, 2.45) is 0 Å². The third-order valence-corrected chi connectivity index (χ3v) is 7.62. The Morgan fingerprint density at radius 3 is 1.75 bits per heavy atom. The standard InChI is InChI=1S/C38H24N6/c1-2-12-26(13-3-1)34-24-30(35-29-16-5-4-11-25(29)19-20-31(35)41-34)27-14-10-15-28(23-27)36-42-37(32-17-6-8-21-39-32)44-38(43-36)33-18-7-9-22-40-33/h1-24H. The van der Waals surface area contributed by atoms with Crippen molar-refractivity contribution >= 4 is 21.7 Å². The van der Waals surface area contributed by atoms with Crippen LogP contribution in [0.4, 0.5) is 0 Å². The summed E-state index contributed by atoms with van der Waals surface area (Å²) < 4.78 is 0. The van der Waals surface area contributed by atoms with Gasteiger partial charge in [-0.3, -0.25) is 9.97 Å². The second kappa shape index (κ2) is 10.9. The van der Waals surface area contributed by atoms with Crippen molar-refractivity contribution in [3.05, 3.63) is 146 Å². The highest BCUT2D eigenvalue weighted by Gasteiger charge is 2.16. The van der Waals surface area contributed by atoms with Crippen LogP contribution in [0, 0.1) is 0 Å². The largest absolute Gasteiger partial charge is 0.253 e. The van der Waals surface area contributed by atoms with Crippen molar-refractivity contribution in [3.63, 3.8) is 0 Å². The average molecular weight is 565 g/mol. The molecule has 0 amide bonds. The molecule has 0 saturated heterocycles. The number of hydrogen-bond acceptors (Lipinski definition) is 6. The number of aromatic nitrogens is 6. The molecule has 0 unspecified atom stereocenters. The predicted octanol–water partition coefficient (Wildman–Crippen LogP) is 8.70. The van der Waals surface area contributed by atoms with Crippen LogP contribution in [0.1, 0.15) is 0 Å². The quantitative estimate of drug-likeness (QED) is 0.195. The molecule has 4 aromatic heterocycles. The molecule has 4 heterocycles. The van der Waals surface area contributed by atoms with Crippen LogP contribution in [-0.2, 0) is 0 Å². The topological polar surface area (TPSA) is 77.3 Å². The van der Waals surface area contributed by atoms with Crippen LogP contribution < -0.4 is 0 Å².